The molecule has 0 saturated heterocycles. The molecule has 1 aliphatic heterocycles. The van der Waals surface area contributed by atoms with Gasteiger partial charge in [-0.2, -0.15) is 0 Å². The predicted molar refractivity (Wildman–Crippen MR) is 134 cm³/mol. The maximum atomic E-state index is 5.78. The number of anilines is 1. The number of hydrogen-bond donors (Lipinski definition) is 2. The van der Waals surface area contributed by atoms with E-state index in [-0.39, 0.29) is 24.0 Å². The summed E-state index contributed by atoms with van der Waals surface area (Å²) >= 11 is 0. The van der Waals surface area contributed by atoms with Crippen molar-refractivity contribution in [1.82, 2.24) is 5.32 Å². The van der Waals surface area contributed by atoms with Gasteiger partial charge < -0.3 is 29.6 Å². The number of guanidine groups is 1. The van der Waals surface area contributed by atoms with E-state index in [9.17, 15) is 0 Å². The van der Waals surface area contributed by atoms with Crippen molar-refractivity contribution >= 4 is 35.6 Å². The lowest BCUT2D eigenvalue weighted by molar-refractivity contribution is 0.195. The van der Waals surface area contributed by atoms with E-state index >= 15 is 0 Å². The number of nitrogens with one attached hydrogen (secondary N) is 2. The average molecular weight is 541 g/mol. The van der Waals surface area contributed by atoms with E-state index in [0.29, 0.717) is 33.0 Å². The fraction of sp³-hybridized carbons (Fsp3) is 0.435. The van der Waals surface area contributed by atoms with Gasteiger partial charge in [0, 0.05) is 51.4 Å². The number of methoxy groups -OCH3 is 1. The normalized spacial score (nSPS) is 13.0. The summed E-state index contributed by atoms with van der Waals surface area (Å²) in [4.78, 5) is 4.68. The lowest BCUT2D eigenvalue weighted by atomic mass is 10.2. The number of rotatable bonds is 10. The van der Waals surface area contributed by atoms with E-state index in [1.165, 1.54) is 0 Å². The summed E-state index contributed by atoms with van der Waals surface area (Å²) < 4.78 is 22.3. The third-order valence-electron chi connectivity index (χ3n) is 4.41. The van der Waals surface area contributed by atoms with Crippen LogP contribution in [0.15, 0.2) is 53.5 Å². The fourth-order valence-electron chi connectivity index (χ4n) is 2.90. The number of hydrogen-bond acceptors (Lipinski definition) is 5. The number of aliphatic imine (C=N–C) groups is 1. The molecule has 8 heteroatoms. The zero-order chi connectivity index (χ0) is 20.9. The average Bonchev–Trinajstić information content (AvgIpc) is 3.02. The largest absolute Gasteiger partial charge is 0.494 e. The number of para-hydroxylation sites is 1. The van der Waals surface area contributed by atoms with Crippen LogP contribution in [-0.4, -0.2) is 52.6 Å². The van der Waals surface area contributed by atoms with E-state index in [4.69, 9.17) is 18.9 Å². The first kappa shape index (κ1) is 25.1. The van der Waals surface area contributed by atoms with E-state index in [1.807, 2.05) is 48.5 Å². The summed E-state index contributed by atoms with van der Waals surface area (Å²) in [7, 11) is 1.71. The van der Waals surface area contributed by atoms with Crippen molar-refractivity contribution in [2.75, 3.05) is 51.9 Å². The summed E-state index contributed by atoms with van der Waals surface area (Å²) in [6, 6.07) is 15.7. The van der Waals surface area contributed by atoms with Crippen LogP contribution in [-0.2, 0) is 4.74 Å². The Bertz CT molecular complexity index is 790. The molecule has 0 radical (unpaired) electrons. The van der Waals surface area contributed by atoms with Crippen molar-refractivity contribution in [1.29, 1.82) is 0 Å². The molecule has 7 nitrogen and oxygen atoms in total. The van der Waals surface area contributed by atoms with Gasteiger partial charge in [-0.25, -0.2) is 0 Å². The zero-order valence-corrected chi connectivity index (χ0v) is 20.3. The molecule has 0 fully saturated rings. The van der Waals surface area contributed by atoms with Gasteiger partial charge in [0.15, 0.2) is 17.5 Å². The highest BCUT2D eigenvalue weighted by atomic mass is 127. The van der Waals surface area contributed by atoms with E-state index in [0.717, 1.165) is 54.7 Å². The number of ether oxygens (including phenoxy) is 4. The molecule has 0 bridgehead atoms. The van der Waals surface area contributed by atoms with Crippen LogP contribution in [0.25, 0.3) is 0 Å². The van der Waals surface area contributed by atoms with Crippen molar-refractivity contribution < 1.29 is 18.9 Å². The molecule has 0 aliphatic carbocycles. The molecular formula is C23H32IN3O4. The first-order valence-electron chi connectivity index (χ1n) is 10.5. The zero-order valence-electron chi connectivity index (χ0n) is 18.0. The van der Waals surface area contributed by atoms with Crippen LogP contribution < -0.4 is 24.8 Å². The Morgan fingerprint density at radius 2 is 1.81 bits per heavy atom. The number of halogens is 1. The molecule has 0 atom stereocenters. The van der Waals surface area contributed by atoms with Crippen molar-refractivity contribution in [3.8, 4) is 17.2 Å². The molecule has 0 unspecified atom stereocenters. The van der Waals surface area contributed by atoms with E-state index in [2.05, 4.69) is 15.6 Å². The Hall–Kier alpha value is -2.20. The van der Waals surface area contributed by atoms with Crippen molar-refractivity contribution in [3.63, 3.8) is 0 Å². The van der Waals surface area contributed by atoms with Crippen LogP contribution in [0.2, 0.25) is 0 Å². The molecule has 2 aromatic rings. The smallest absolute Gasteiger partial charge is 0.195 e. The minimum absolute atomic E-state index is 0. The molecule has 0 aromatic heterocycles. The van der Waals surface area contributed by atoms with Crippen LogP contribution in [0.4, 0.5) is 5.69 Å². The van der Waals surface area contributed by atoms with Gasteiger partial charge >= 0.3 is 0 Å². The lowest BCUT2D eigenvalue weighted by Crippen LogP contribution is -2.32. The van der Waals surface area contributed by atoms with Crippen LogP contribution in [0.1, 0.15) is 19.3 Å². The van der Waals surface area contributed by atoms with Gasteiger partial charge in [-0.05, 0) is 30.7 Å². The highest BCUT2D eigenvalue weighted by molar-refractivity contribution is 14.0. The predicted octanol–water partition coefficient (Wildman–Crippen LogP) is 4.33. The third kappa shape index (κ3) is 9.22. The maximum absolute atomic E-state index is 5.78. The lowest BCUT2D eigenvalue weighted by Gasteiger charge is -2.14. The molecule has 0 saturated carbocycles. The monoisotopic (exact) mass is 541 g/mol. The van der Waals surface area contributed by atoms with Crippen molar-refractivity contribution in [2.45, 2.75) is 19.3 Å². The second-order valence-corrected chi connectivity index (χ2v) is 6.86. The van der Waals surface area contributed by atoms with Crippen LogP contribution in [0, 0.1) is 0 Å². The molecule has 170 valence electrons. The molecule has 0 spiro atoms. The van der Waals surface area contributed by atoms with Gasteiger partial charge in [0.05, 0.1) is 19.8 Å². The minimum atomic E-state index is 0. The Kier molecular flexibility index (Phi) is 11.9. The SMILES string of the molecule is COCCCNC(=NCCCOc1ccccc1)Nc1ccc2c(c1)OCCCO2.I. The summed E-state index contributed by atoms with van der Waals surface area (Å²) in [6.45, 7) is 4.08. The van der Waals surface area contributed by atoms with Crippen molar-refractivity contribution in [3.05, 3.63) is 48.5 Å². The molecule has 2 aromatic carbocycles. The van der Waals surface area contributed by atoms with Gasteiger partial charge in [0.1, 0.15) is 5.75 Å². The van der Waals surface area contributed by atoms with Gasteiger partial charge in [-0.1, -0.05) is 18.2 Å². The maximum Gasteiger partial charge on any atom is 0.195 e. The summed E-state index contributed by atoms with van der Waals surface area (Å²) in [5, 5.41) is 6.71. The van der Waals surface area contributed by atoms with Crippen LogP contribution >= 0.6 is 24.0 Å². The quantitative estimate of drug-likeness (QED) is 0.202. The Labute approximate surface area is 201 Å². The Morgan fingerprint density at radius 1 is 1.00 bits per heavy atom. The van der Waals surface area contributed by atoms with Gasteiger partial charge in [0.2, 0.25) is 0 Å². The third-order valence-corrected chi connectivity index (χ3v) is 4.41. The highest BCUT2D eigenvalue weighted by Crippen LogP contribution is 2.32. The highest BCUT2D eigenvalue weighted by Gasteiger charge is 2.11. The summed E-state index contributed by atoms with van der Waals surface area (Å²) in [6.07, 6.45) is 2.60. The number of fused-ring (bicyclic) bond motifs is 1. The summed E-state index contributed by atoms with van der Waals surface area (Å²) in [5.74, 6) is 3.14. The van der Waals surface area contributed by atoms with E-state index in [1.54, 1.807) is 7.11 Å². The van der Waals surface area contributed by atoms with Crippen LogP contribution in [0.5, 0.6) is 17.2 Å². The summed E-state index contributed by atoms with van der Waals surface area (Å²) in [5.41, 5.74) is 0.901. The van der Waals surface area contributed by atoms with Gasteiger partial charge in [0.25, 0.3) is 0 Å². The first-order chi connectivity index (χ1) is 14.8. The molecular weight excluding hydrogens is 509 g/mol. The van der Waals surface area contributed by atoms with E-state index < -0.39 is 0 Å². The molecule has 0 amide bonds. The fourth-order valence-corrected chi connectivity index (χ4v) is 2.90. The van der Waals surface area contributed by atoms with Gasteiger partial charge in [-0.3, -0.25) is 4.99 Å². The number of benzene rings is 2. The Morgan fingerprint density at radius 3 is 2.61 bits per heavy atom. The van der Waals surface area contributed by atoms with Crippen LogP contribution in [0.3, 0.4) is 0 Å². The second kappa shape index (κ2) is 14.7. The molecule has 2 N–H and O–H groups in total. The second-order valence-electron chi connectivity index (χ2n) is 6.86. The standard InChI is InChI=1S/C23H31N3O4.HI/c1-27-14-5-12-24-23(25-13-6-15-28-20-8-3-2-4-9-20)26-19-10-11-21-22(18-19)30-17-7-16-29-21;/h2-4,8-11,18H,5-7,12-17H2,1H3,(H2,24,25,26);1H. The topological polar surface area (TPSA) is 73.3 Å². The van der Waals surface area contributed by atoms with Crippen molar-refractivity contribution in [2.24, 2.45) is 4.99 Å². The first-order valence-corrected chi connectivity index (χ1v) is 10.5. The van der Waals surface area contributed by atoms with Gasteiger partial charge in [-0.15, -0.1) is 24.0 Å². The minimum Gasteiger partial charge on any atom is -0.494 e. The molecule has 1 aliphatic rings. The molecule has 31 heavy (non-hydrogen) atoms. The molecule has 3 rings (SSSR count). The molecule has 1 heterocycles. The Balaban J connectivity index is 0.00000341. The number of nitrogens with zero attached hydrogens (tertiary/aromatic N) is 1.